The van der Waals surface area contributed by atoms with E-state index in [2.05, 4.69) is 10.6 Å². The van der Waals surface area contributed by atoms with Crippen molar-refractivity contribution < 1.29 is 48.7 Å². The van der Waals surface area contributed by atoms with Crippen LogP contribution < -0.4 is 26.7 Å². The van der Waals surface area contributed by atoms with Gasteiger partial charge in [0.1, 0.15) is 11.3 Å². The number of esters is 1. The molecule has 1 aromatic carbocycles. The van der Waals surface area contributed by atoms with Crippen molar-refractivity contribution >= 4 is 50.2 Å². The van der Waals surface area contributed by atoms with Crippen molar-refractivity contribution in [3.63, 3.8) is 0 Å². The number of rotatable bonds is 12. The highest BCUT2D eigenvalue weighted by Crippen LogP contribution is 2.60. The summed E-state index contributed by atoms with van der Waals surface area (Å²) in [5.41, 5.74) is 7.08. The Hall–Kier alpha value is -4.36. The van der Waals surface area contributed by atoms with Crippen LogP contribution in [0.15, 0.2) is 85.9 Å². The number of nitrogens with one attached hydrogen (secondary N) is 2. The summed E-state index contributed by atoms with van der Waals surface area (Å²) < 4.78 is 20.0. The van der Waals surface area contributed by atoms with E-state index in [0.29, 0.717) is 47.5 Å². The van der Waals surface area contributed by atoms with Gasteiger partial charge in [0.15, 0.2) is 17.0 Å². The number of carbonyl (C=O) groups is 3. The second kappa shape index (κ2) is 18.6. The van der Waals surface area contributed by atoms with Crippen molar-refractivity contribution in [3.8, 4) is 5.75 Å². The molecule has 1 spiro atoms. The highest BCUT2D eigenvalue weighted by atomic mass is 33.1. The lowest BCUT2D eigenvalue weighted by molar-refractivity contribution is -0.202. The monoisotopic (exact) mass is 944 g/mol. The van der Waals surface area contributed by atoms with Crippen molar-refractivity contribution in [2.24, 2.45) is 35.3 Å². The van der Waals surface area contributed by atoms with Gasteiger partial charge in [-0.2, -0.15) is 0 Å². The molecule has 5 heterocycles. The van der Waals surface area contributed by atoms with E-state index < -0.39 is 41.2 Å². The second-order valence-electron chi connectivity index (χ2n) is 19.0. The number of carbonyl (C=O) groups excluding carboxylic acids is 3. The van der Waals surface area contributed by atoms with E-state index in [1.54, 1.807) is 59.7 Å². The SMILES string of the molecule is C/C=C(\CCO)C(=O)O[C@]1(C)[C@@H](CO)C=C2CSS[C@H]3C[C@@H]4C(=O)C=C[C@H]5[C@@H]([C@@H]4NC)[C@@H]3N5C(=O)CC3=C(C=C(N)NC3)[C@H]2[C@]12Cc1cc3cc(C[C@H](CO)CCCO)c(=O)oc3cc1O2. The molecule has 1 saturated carbocycles. The normalized spacial score (nSPS) is 33.0. The first-order chi connectivity index (χ1) is 31.8. The zero-order chi connectivity index (χ0) is 46.7. The molecule has 2 aromatic rings. The average molecular weight is 945 g/mol. The number of nitrogens with two attached hydrogens (primary N) is 1. The Morgan fingerprint density at radius 3 is 2.71 bits per heavy atom. The fourth-order valence-electron chi connectivity index (χ4n) is 12.2. The maximum atomic E-state index is 15.0. The molecule has 8 N–H and O–H groups in total. The van der Waals surface area contributed by atoms with E-state index in [9.17, 15) is 39.6 Å². The highest BCUT2D eigenvalue weighted by Gasteiger charge is 2.68. The van der Waals surface area contributed by atoms with Crippen LogP contribution in [0.5, 0.6) is 5.75 Å². The van der Waals surface area contributed by atoms with E-state index in [0.717, 1.165) is 22.3 Å². The van der Waals surface area contributed by atoms with Crippen molar-refractivity contribution in [3.05, 3.63) is 98.2 Å². The summed E-state index contributed by atoms with van der Waals surface area (Å²) in [5.74, 6) is -1.33. The number of benzene rings is 1. The topological polar surface area (TPSA) is 234 Å². The minimum absolute atomic E-state index is 0.0274. The van der Waals surface area contributed by atoms with Crippen LogP contribution in [0, 0.1) is 29.6 Å². The zero-order valence-electron chi connectivity index (χ0n) is 37.5. The first kappa shape index (κ1) is 46.7. The maximum absolute atomic E-state index is 15.0. The van der Waals surface area contributed by atoms with Crippen LogP contribution in [0.3, 0.4) is 0 Å². The van der Waals surface area contributed by atoms with E-state index in [4.69, 9.17) is 19.6 Å². The lowest BCUT2D eigenvalue weighted by Gasteiger charge is -2.62. The Labute approximate surface area is 391 Å². The van der Waals surface area contributed by atoms with Crippen molar-refractivity contribution in [2.75, 3.05) is 45.8 Å². The zero-order valence-corrected chi connectivity index (χ0v) is 39.1. The van der Waals surface area contributed by atoms with Crippen LogP contribution in [0.2, 0.25) is 0 Å². The number of allylic oxidation sites excluding steroid dienone is 3. The number of nitrogens with zero attached hydrogens (tertiary/aromatic N) is 1. The largest absolute Gasteiger partial charge is 0.481 e. The summed E-state index contributed by atoms with van der Waals surface area (Å²) in [6.45, 7) is 2.85. The van der Waals surface area contributed by atoms with E-state index >= 15 is 0 Å². The number of aliphatic hydroxyl groups is 4. The Balaban J connectivity index is 1.20. The number of ether oxygens (including phenoxy) is 2. The third-order valence-corrected chi connectivity index (χ3v) is 18.3. The first-order valence-electron chi connectivity index (χ1n) is 23.1. The van der Waals surface area contributed by atoms with Crippen LogP contribution in [-0.4, -0.2) is 123 Å². The molecule has 66 heavy (non-hydrogen) atoms. The van der Waals surface area contributed by atoms with Crippen molar-refractivity contribution in [1.29, 1.82) is 0 Å². The minimum Gasteiger partial charge on any atom is -0.481 e. The molecule has 4 aliphatic heterocycles. The van der Waals surface area contributed by atoms with E-state index in [1.165, 1.54) is 0 Å². The standard InChI is InChI=1S/C49H60N4O11S2/c1-4-26(9-11-55)47(61)64-48(2)32(23-57)15-31-24-65-66-39-17-34-36(58)8-7-35-42(44(34)51-3)45(39)53(35)41(59)16-30-21-52-40(50)18-33(30)43(31)49(48)20-29-14-27-13-28(12-25(22-56)6-5-10-54)46(60)62-37(27)19-38(29)63-49/h4,7-8,13-15,18-19,25,32,34-35,39,42-45,51-52,54-57H,5-6,9-12,16-17,20-24,50H2,1-3H3/b26-4+/t25-,32-,34-,35+,39+,42+,43+,44-,45-,48-,49-/m1/s1. The quantitative estimate of drug-likeness (QED) is 0.0533. The summed E-state index contributed by atoms with van der Waals surface area (Å²) in [5, 5.41) is 48.2. The fraction of sp³-hybridized carbons (Fsp3) is 0.551. The number of aliphatic hydroxyl groups excluding tert-OH is 4. The highest BCUT2D eigenvalue weighted by molar-refractivity contribution is 8.77. The van der Waals surface area contributed by atoms with Gasteiger partial charge in [-0.25, -0.2) is 9.59 Å². The van der Waals surface area contributed by atoms with Gasteiger partial charge in [0.25, 0.3) is 0 Å². The lowest BCUT2D eigenvalue weighted by atomic mass is 9.57. The molecule has 0 unspecified atom stereocenters. The van der Waals surface area contributed by atoms with Crippen molar-refractivity contribution in [1.82, 2.24) is 15.5 Å². The molecule has 1 aromatic heterocycles. The van der Waals surface area contributed by atoms with Crippen LogP contribution in [-0.2, 0) is 32.0 Å². The molecule has 0 radical (unpaired) electrons. The predicted octanol–water partition coefficient (Wildman–Crippen LogP) is 2.98. The van der Waals surface area contributed by atoms with Gasteiger partial charge in [-0.15, -0.1) is 0 Å². The van der Waals surface area contributed by atoms with Crippen molar-refractivity contribution in [2.45, 2.75) is 93.4 Å². The number of dihydropyridines is 1. The van der Waals surface area contributed by atoms with Gasteiger partial charge in [-0.3, -0.25) is 9.59 Å². The predicted molar refractivity (Wildman–Crippen MR) is 251 cm³/mol. The molecule has 11 atom stereocenters. The van der Waals surface area contributed by atoms with Gasteiger partial charge in [-0.05, 0) is 93.5 Å². The second-order valence-corrected chi connectivity index (χ2v) is 21.6. The molecular formula is C49H60N4O11S2. The van der Waals surface area contributed by atoms with Gasteiger partial charge in [0.05, 0.1) is 36.9 Å². The molecule has 9 rings (SSSR count). The summed E-state index contributed by atoms with van der Waals surface area (Å²) in [7, 11) is 5.22. The summed E-state index contributed by atoms with van der Waals surface area (Å²) in [6, 6.07) is 4.97. The summed E-state index contributed by atoms with van der Waals surface area (Å²) in [4.78, 5) is 58.4. The number of fused-ring (bicyclic) bond motifs is 7. The van der Waals surface area contributed by atoms with Gasteiger partial charge in [0.2, 0.25) is 5.91 Å². The number of hydrogen-bond donors (Lipinski definition) is 7. The molecule has 2 fully saturated rings. The third-order valence-electron chi connectivity index (χ3n) is 15.5. The van der Waals surface area contributed by atoms with Gasteiger partial charge < -0.3 is 55.6 Å². The molecule has 3 aliphatic carbocycles. The average Bonchev–Trinajstić information content (AvgIpc) is 3.66. The van der Waals surface area contributed by atoms with Crippen LogP contribution >= 0.6 is 21.6 Å². The van der Waals surface area contributed by atoms with Gasteiger partial charge in [0, 0.05) is 96.6 Å². The Kier molecular flexibility index (Phi) is 13.2. The van der Waals surface area contributed by atoms with Crippen LogP contribution in [0.1, 0.15) is 57.1 Å². The summed E-state index contributed by atoms with van der Waals surface area (Å²) in [6.07, 6.45) is 11.1. The molecule has 15 nitrogen and oxygen atoms in total. The molecule has 7 aliphatic rings. The molecule has 354 valence electrons. The smallest absolute Gasteiger partial charge is 0.339 e. The number of amides is 1. The number of hydrogen-bond acceptors (Lipinski definition) is 16. The first-order valence-corrected chi connectivity index (χ1v) is 25.4. The Morgan fingerprint density at radius 1 is 1.17 bits per heavy atom. The Morgan fingerprint density at radius 2 is 1.98 bits per heavy atom. The maximum Gasteiger partial charge on any atom is 0.339 e. The van der Waals surface area contributed by atoms with Gasteiger partial charge >= 0.3 is 11.6 Å². The fourth-order valence-corrected chi connectivity index (χ4v) is 15.2. The molecule has 2 bridgehead atoms. The third kappa shape index (κ3) is 7.75. The number of ketones is 1. The molecule has 17 heteroatoms. The van der Waals surface area contributed by atoms with Gasteiger partial charge in [-0.1, -0.05) is 45.4 Å². The Bertz CT molecular complexity index is 2520. The molecular weight excluding hydrogens is 885 g/mol. The van der Waals surface area contributed by atoms with E-state index in [1.807, 2.05) is 36.2 Å². The van der Waals surface area contributed by atoms with Crippen LogP contribution in [0.4, 0.5) is 0 Å². The minimum atomic E-state index is -1.59. The summed E-state index contributed by atoms with van der Waals surface area (Å²) >= 11 is 0. The van der Waals surface area contributed by atoms with Crippen LogP contribution in [0.25, 0.3) is 11.0 Å². The molecule has 1 saturated heterocycles. The molecule has 1 amide bonds. The van der Waals surface area contributed by atoms with E-state index in [-0.39, 0.29) is 116 Å². The lowest BCUT2D eigenvalue weighted by Crippen LogP contribution is -2.75.